The van der Waals surface area contributed by atoms with Crippen LogP contribution in [0.4, 0.5) is 0 Å². The maximum absolute atomic E-state index is 9.90. The molecule has 4 atom stereocenters. The summed E-state index contributed by atoms with van der Waals surface area (Å²) >= 11 is 0. The first kappa shape index (κ1) is 25.7. The van der Waals surface area contributed by atoms with Crippen LogP contribution in [0.2, 0.25) is 0 Å². The minimum atomic E-state index is -1.79. The van der Waals surface area contributed by atoms with Crippen LogP contribution >= 0.6 is 0 Å². The fraction of sp³-hybridized carbons (Fsp3) is 0.833. The number of carbonyl (C=O) groups is 1. The fourth-order valence-corrected chi connectivity index (χ4v) is 0.618. The Morgan fingerprint density at radius 1 is 1.13 bits per heavy atom. The molecular weight excluding hydrogens is 329 g/mol. The molecule has 0 radical (unpaired) electrons. The van der Waals surface area contributed by atoms with E-state index in [1.807, 2.05) is 0 Å². The Bertz CT molecular complexity index is 162. The van der Waals surface area contributed by atoms with Crippen LogP contribution in [0.3, 0.4) is 0 Å². The van der Waals surface area contributed by atoms with E-state index in [1.165, 1.54) is 0 Å². The van der Waals surface area contributed by atoms with Gasteiger partial charge in [0.05, 0.1) is 6.61 Å². The number of aliphatic hydroxyl groups excluding tert-OH is 5. The molecule has 0 aliphatic rings. The van der Waals surface area contributed by atoms with Crippen molar-refractivity contribution in [2.24, 2.45) is 0 Å². The summed E-state index contributed by atoms with van der Waals surface area (Å²) < 4.78 is 0. The summed E-state index contributed by atoms with van der Waals surface area (Å²) in [5.74, 6) is 0. The van der Waals surface area contributed by atoms with Gasteiger partial charge in [0.1, 0.15) is 24.4 Å². The van der Waals surface area contributed by atoms with Crippen LogP contribution in [-0.4, -0.2) is 101 Å². The predicted octanol–water partition coefficient (Wildman–Crippen LogP) is -3.54. The van der Waals surface area contributed by atoms with Crippen molar-refractivity contribution in [3.05, 3.63) is 0 Å². The van der Waals surface area contributed by atoms with Gasteiger partial charge in [-0.25, -0.2) is 0 Å². The maximum atomic E-state index is 9.90. The molecule has 0 rings (SSSR count). The summed E-state index contributed by atoms with van der Waals surface area (Å²) in [4.78, 5) is 9.90. The van der Waals surface area contributed by atoms with Crippen molar-refractivity contribution in [3.8, 4) is 0 Å². The second kappa shape index (κ2) is 13.9. The van der Waals surface area contributed by atoms with Gasteiger partial charge in [0.25, 0.3) is 0 Å². The molecule has 0 saturated carbocycles. The Kier molecular flexibility index (Phi) is 23.8. The topological polar surface area (TPSA) is 118 Å². The number of aliphatic hydroxyl groups is 5. The molecule has 0 aromatic carbocycles. The van der Waals surface area contributed by atoms with Gasteiger partial charge < -0.3 is 33.2 Å². The van der Waals surface area contributed by atoms with Crippen LogP contribution in [-0.2, 0) is 41.3 Å². The Balaban J connectivity index is -0.0000000605. The van der Waals surface area contributed by atoms with E-state index in [2.05, 4.69) is 0 Å². The monoisotopic (exact) mass is 342 g/mol. The van der Waals surface area contributed by atoms with E-state index in [1.54, 1.807) is 0 Å². The third-order valence-electron chi connectivity index (χ3n) is 1.42. The SMILES string of the molecule is O=C[C@H](O)[C@@H](O)[C@H](O)[C@H](O)CO.[Ca+2].[Fe].[H-].[H-].[Zn]. The third kappa shape index (κ3) is 9.56. The minimum Gasteiger partial charge on any atom is -1.00 e. The maximum Gasteiger partial charge on any atom is 2.00 e. The van der Waals surface area contributed by atoms with Crippen molar-refractivity contribution < 1.29 is 69.7 Å². The summed E-state index contributed by atoms with van der Waals surface area (Å²) in [5, 5.41) is 43.5. The molecule has 0 heterocycles. The van der Waals surface area contributed by atoms with Gasteiger partial charge in [-0.05, 0) is 0 Å². The number of aldehydes is 1. The molecule has 0 spiro atoms. The molecule has 0 saturated heterocycles. The molecule has 0 bridgehead atoms. The molecule has 0 unspecified atom stereocenters. The Morgan fingerprint density at radius 2 is 1.53 bits per heavy atom. The van der Waals surface area contributed by atoms with Gasteiger partial charge in [0, 0.05) is 36.5 Å². The van der Waals surface area contributed by atoms with Crippen molar-refractivity contribution in [3.63, 3.8) is 0 Å². The standard InChI is InChI=1S/C6H12O6.Ca.Fe.Zn.2H/c7-1-3(9)5(11)6(12)4(10)2-8;;;;;/h1,3-6,8-12H,2H2;;;;;/q;+2;;;2*-1/t3-,4+,5+,6+;;;;;/m0...../s1. The van der Waals surface area contributed by atoms with Crippen LogP contribution in [0.15, 0.2) is 0 Å². The van der Waals surface area contributed by atoms with Crippen LogP contribution in [0.5, 0.6) is 0 Å². The van der Waals surface area contributed by atoms with E-state index in [0.717, 1.165) is 0 Å². The predicted molar refractivity (Wildman–Crippen MR) is 45.2 cm³/mol. The van der Waals surface area contributed by atoms with E-state index in [0.29, 0.717) is 0 Å². The van der Waals surface area contributed by atoms with Gasteiger partial charge >= 0.3 is 37.7 Å². The van der Waals surface area contributed by atoms with Crippen molar-refractivity contribution in [2.45, 2.75) is 24.4 Å². The zero-order valence-corrected chi connectivity index (χ0v) is 14.3. The van der Waals surface area contributed by atoms with Gasteiger partial charge in [-0.15, -0.1) is 0 Å². The smallest absolute Gasteiger partial charge is 1.00 e. The van der Waals surface area contributed by atoms with Gasteiger partial charge in [0.15, 0.2) is 6.29 Å². The molecule has 5 N–H and O–H groups in total. The number of carbonyl (C=O) groups excluding carboxylic acids is 1. The van der Waals surface area contributed by atoms with Gasteiger partial charge in [-0.3, -0.25) is 0 Å². The first-order valence-corrected chi connectivity index (χ1v) is 3.33. The molecule has 0 aliphatic carbocycles. The molecule has 6 nitrogen and oxygen atoms in total. The van der Waals surface area contributed by atoms with Crippen LogP contribution in [0.25, 0.3) is 0 Å². The van der Waals surface area contributed by atoms with Crippen LogP contribution < -0.4 is 0 Å². The molecule has 9 heteroatoms. The van der Waals surface area contributed by atoms with Crippen molar-refractivity contribution in [1.82, 2.24) is 0 Å². The average Bonchev–Trinajstić information content (AvgIpc) is 2.12. The Hall–Kier alpha value is 1.87. The summed E-state index contributed by atoms with van der Waals surface area (Å²) in [7, 11) is 0. The summed E-state index contributed by atoms with van der Waals surface area (Å²) in [6, 6.07) is 0. The third-order valence-corrected chi connectivity index (χ3v) is 1.42. The molecule has 0 aromatic heterocycles. The second-order valence-electron chi connectivity index (χ2n) is 2.36. The molecular formula is C6H14CaFeO6Zn. The molecule has 0 amide bonds. The molecule has 0 fully saturated rings. The Labute approximate surface area is 143 Å². The van der Waals surface area contributed by atoms with Crippen molar-refractivity contribution >= 4 is 44.0 Å². The summed E-state index contributed by atoms with van der Waals surface area (Å²) in [6.07, 6.45) is -6.84. The second-order valence-corrected chi connectivity index (χ2v) is 2.36. The average molecular weight is 343 g/mol. The fourth-order valence-electron chi connectivity index (χ4n) is 0.618. The summed E-state index contributed by atoms with van der Waals surface area (Å²) in [6.45, 7) is -0.760. The van der Waals surface area contributed by atoms with Gasteiger partial charge in [-0.2, -0.15) is 0 Å². The van der Waals surface area contributed by atoms with E-state index < -0.39 is 31.0 Å². The van der Waals surface area contributed by atoms with Gasteiger partial charge in [0.2, 0.25) is 0 Å². The normalized spacial score (nSPS) is 16.9. The van der Waals surface area contributed by atoms with Gasteiger partial charge in [-0.1, -0.05) is 0 Å². The van der Waals surface area contributed by atoms with E-state index in [-0.39, 0.29) is 83.4 Å². The van der Waals surface area contributed by atoms with Crippen LogP contribution in [0.1, 0.15) is 2.85 Å². The molecule has 0 aromatic rings. The molecule has 15 heavy (non-hydrogen) atoms. The van der Waals surface area contributed by atoms with Crippen LogP contribution in [0, 0.1) is 0 Å². The molecule has 86 valence electrons. The zero-order chi connectivity index (χ0) is 9.72. The molecule has 0 aliphatic heterocycles. The summed E-state index contributed by atoms with van der Waals surface area (Å²) in [5.41, 5.74) is 0. The quantitative estimate of drug-likeness (QED) is 0.261. The Morgan fingerprint density at radius 3 is 1.80 bits per heavy atom. The minimum absolute atomic E-state index is 0. The number of hydrogen-bond donors (Lipinski definition) is 5. The number of rotatable bonds is 5. The van der Waals surface area contributed by atoms with E-state index >= 15 is 0 Å². The van der Waals surface area contributed by atoms with E-state index in [4.69, 9.17) is 25.5 Å². The van der Waals surface area contributed by atoms with Crippen molar-refractivity contribution in [1.29, 1.82) is 0 Å². The van der Waals surface area contributed by atoms with E-state index in [9.17, 15) is 4.79 Å². The van der Waals surface area contributed by atoms with Crippen molar-refractivity contribution in [2.75, 3.05) is 6.61 Å². The number of hydrogen-bond acceptors (Lipinski definition) is 6. The zero-order valence-electron chi connectivity index (χ0n) is 10.0. The first-order valence-electron chi connectivity index (χ1n) is 3.33. The first-order chi connectivity index (χ1) is 5.54. The largest absolute Gasteiger partial charge is 2.00 e.